The quantitative estimate of drug-likeness (QED) is 0.912. The van der Waals surface area contributed by atoms with Crippen LogP contribution in [0.5, 0.6) is 0 Å². The maximum absolute atomic E-state index is 12.0. The predicted molar refractivity (Wildman–Crippen MR) is 71.3 cm³/mol. The van der Waals surface area contributed by atoms with Crippen molar-refractivity contribution in [1.82, 2.24) is 0 Å². The normalized spacial score (nSPS) is 23.0. The summed E-state index contributed by atoms with van der Waals surface area (Å²) < 4.78 is 24.0. The highest BCUT2D eigenvalue weighted by molar-refractivity contribution is 7.91. The predicted octanol–water partition coefficient (Wildman–Crippen LogP) is 2.35. The van der Waals surface area contributed by atoms with Gasteiger partial charge in [-0.15, -0.1) is 0 Å². The molecule has 1 aromatic rings. The van der Waals surface area contributed by atoms with Gasteiger partial charge in [0.1, 0.15) is 0 Å². The highest BCUT2D eigenvalue weighted by atomic mass is 32.2. The average Bonchev–Trinajstić information content (AvgIpc) is 2.50. The van der Waals surface area contributed by atoms with Gasteiger partial charge in [0.2, 0.25) is 0 Å². The van der Waals surface area contributed by atoms with Crippen molar-refractivity contribution in [2.45, 2.75) is 43.6 Å². The van der Waals surface area contributed by atoms with Gasteiger partial charge in [-0.05, 0) is 30.4 Å². The van der Waals surface area contributed by atoms with Crippen LogP contribution >= 0.6 is 0 Å². The van der Waals surface area contributed by atoms with E-state index >= 15 is 0 Å². The van der Waals surface area contributed by atoms with Gasteiger partial charge in [-0.2, -0.15) is 0 Å². The Hall–Kier alpha value is -0.870. The molecule has 0 aliphatic carbocycles. The van der Waals surface area contributed by atoms with E-state index in [0.29, 0.717) is 17.2 Å². The molecule has 0 amide bonds. The fraction of sp³-hybridized carbons (Fsp3) is 0.571. The zero-order valence-electron chi connectivity index (χ0n) is 10.8. The van der Waals surface area contributed by atoms with Crippen LogP contribution < -0.4 is 0 Å². The van der Waals surface area contributed by atoms with Gasteiger partial charge in [0.15, 0.2) is 9.84 Å². The molecule has 1 heterocycles. The number of aliphatic hydroxyl groups is 1. The van der Waals surface area contributed by atoms with E-state index in [2.05, 4.69) is 13.8 Å². The molecule has 18 heavy (non-hydrogen) atoms. The maximum Gasteiger partial charge on any atom is 0.179 e. The van der Waals surface area contributed by atoms with Crippen LogP contribution in [0.3, 0.4) is 0 Å². The van der Waals surface area contributed by atoms with Gasteiger partial charge < -0.3 is 5.11 Å². The minimum absolute atomic E-state index is 0.0556. The number of aliphatic hydroxyl groups excluding tert-OH is 1. The Morgan fingerprint density at radius 3 is 2.67 bits per heavy atom. The summed E-state index contributed by atoms with van der Waals surface area (Å²) >= 11 is 0. The molecule has 1 aromatic carbocycles. The summed E-state index contributed by atoms with van der Waals surface area (Å²) in [5, 5.41) is 9.98. The Kier molecular flexibility index (Phi) is 3.78. The van der Waals surface area contributed by atoms with Gasteiger partial charge in [-0.25, -0.2) is 8.42 Å². The third-order valence-electron chi connectivity index (χ3n) is 3.41. The van der Waals surface area contributed by atoms with Crippen molar-refractivity contribution in [3.63, 3.8) is 0 Å². The Balaban J connectivity index is 2.18. The topological polar surface area (TPSA) is 54.4 Å². The molecular weight excluding hydrogens is 248 g/mol. The number of benzene rings is 1. The second kappa shape index (κ2) is 5.02. The molecule has 1 aliphatic heterocycles. The fourth-order valence-corrected chi connectivity index (χ4v) is 4.61. The molecule has 1 N–H and O–H groups in total. The van der Waals surface area contributed by atoms with Gasteiger partial charge >= 0.3 is 0 Å². The Morgan fingerprint density at radius 2 is 2.00 bits per heavy atom. The lowest BCUT2D eigenvalue weighted by Gasteiger charge is -2.17. The lowest BCUT2D eigenvalue weighted by atomic mass is 9.92. The van der Waals surface area contributed by atoms with Crippen LogP contribution in [-0.2, 0) is 9.84 Å². The van der Waals surface area contributed by atoms with Crippen molar-refractivity contribution in [2.24, 2.45) is 5.92 Å². The molecule has 0 radical (unpaired) electrons. The Bertz CT molecular complexity index is 520. The van der Waals surface area contributed by atoms with Crippen LogP contribution in [0, 0.1) is 5.92 Å². The summed E-state index contributed by atoms with van der Waals surface area (Å²) in [6.07, 6.45) is 0.837. The van der Waals surface area contributed by atoms with Crippen LogP contribution in [0.1, 0.15) is 38.2 Å². The van der Waals surface area contributed by atoms with Crippen molar-refractivity contribution in [3.8, 4) is 0 Å². The van der Waals surface area contributed by atoms with Crippen LogP contribution in [0.2, 0.25) is 0 Å². The molecule has 0 saturated heterocycles. The largest absolute Gasteiger partial charge is 0.393 e. The number of rotatable bonds is 4. The molecule has 0 fully saturated rings. The molecule has 2 rings (SSSR count). The molecule has 4 heteroatoms. The molecule has 2 atom stereocenters. The summed E-state index contributed by atoms with van der Waals surface area (Å²) in [4.78, 5) is 0.451. The van der Waals surface area contributed by atoms with E-state index in [-0.39, 0.29) is 11.7 Å². The molecule has 0 saturated carbocycles. The van der Waals surface area contributed by atoms with E-state index in [1.54, 1.807) is 12.1 Å². The minimum atomic E-state index is -3.14. The van der Waals surface area contributed by atoms with Crippen molar-refractivity contribution in [1.29, 1.82) is 0 Å². The zero-order valence-corrected chi connectivity index (χ0v) is 11.7. The number of fused-ring (bicyclic) bond motifs is 1. The third-order valence-corrected chi connectivity index (χ3v) is 5.30. The molecule has 1 aliphatic rings. The third kappa shape index (κ3) is 2.75. The van der Waals surface area contributed by atoms with Gasteiger partial charge in [0, 0.05) is 5.92 Å². The van der Waals surface area contributed by atoms with Crippen LogP contribution in [0.4, 0.5) is 0 Å². The van der Waals surface area contributed by atoms with E-state index in [9.17, 15) is 13.5 Å². The van der Waals surface area contributed by atoms with Crippen LogP contribution in [0.25, 0.3) is 0 Å². The molecule has 0 aromatic heterocycles. The summed E-state index contributed by atoms with van der Waals surface area (Å²) in [6.45, 7) is 4.12. The first-order valence-electron chi connectivity index (χ1n) is 6.40. The minimum Gasteiger partial charge on any atom is -0.393 e. The molecule has 0 bridgehead atoms. The highest BCUT2D eigenvalue weighted by Crippen LogP contribution is 2.37. The maximum atomic E-state index is 12.0. The second-order valence-electron chi connectivity index (χ2n) is 5.54. The summed E-state index contributed by atoms with van der Waals surface area (Å²) in [5.74, 6) is 0.509. The number of sulfone groups is 1. The standard InChI is InChI=1S/C14H20O3S/c1-10(2)7-12(15)8-11-9-18(16,17)14-6-4-3-5-13(11)14/h3-6,10-12,15H,7-9H2,1-2H3. The summed E-state index contributed by atoms with van der Waals surface area (Å²) in [6, 6.07) is 7.15. The molecule has 3 nitrogen and oxygen atoms in total. The lowest BCUT2D eigenvalue weighted by molar-refractivity contribution is 0.133. The molecule has 100 valence electrons. The van der Waals surface area contributed by atoms with Crippen molar-refractivity contribution in [2.75, 3.05) is 5.75 Å². The zero-order chi connectivity index (χ0) is 13.3. The van der Waals surface area contributed by atoms with Gasteiger partial charge in [-0.1, -0.05) is 32.0 Å². The number of hydrogen-bond donors (Lipinski definition) is 1. The molecular formula is C14H20O3S. The number of hydrogen-bond acceptors (Lipinski definition) is 3. The van der Waals surface area contributed by atoms with Crippen molar-refractivity contribution < 1.29 is 13.5 Å². The van der Waals surface area contributed by atoms with E-state index in [1.165, 1.54) is 0 Å². The second-order valence-corrected chi connectivity index (χ2v) is 7.54. The van der Waals surface area contributed by atoms with Crippen molar-refractivity contribution >= 4 is 9.84 Å². The van der Waals surface area contributed by atoms with Crippen molar-refractivity contribution in [3.05, 3.63) is 29.8 Å². The average molecular weight is 268 g/mol. The molecule has 0 spiro atoms. The van der Waals surface area contributed by atoms with E-state index in [0.717, 1.165) is 12.0 Å². The smallest absolute Gasteiger partial charge is 0.179 e. The first kappa shape index (κ1) is 13.6. The summed E-state index contributed by atoms with van der Waals surface area (Å²) in [5.41, 5.74) is 0.875. The van der Waals surface area contributed by atoms with Gasteiger partial charge in [0.25, 0.3) is 0 Å². The first-order chi connectivity index (χ1) is 8.40. The Labute approximate surface area is 109 Å². The van der Waals surface area contributed by atoms with Gasteiger partial charge in [0.05, 0.1) is 16.8 Å². The van der Waals surface area contributed by atoms with E-state index < -0.39 is 15.9 Å². The van der Waals surface area contributed by atoms with E-state index in [1.807, 2.05) is 12.1 Å². The first-order valence-corrected chi connectivity index (χ1v) is 8.05. The lowest BCUT2D eigenvalue weighted by Crippen LogP contribution is -2.16. The SMILES string of the molecule is CC(C)CC(O)CC1CS(=O)(=O)c2ccccc21. The Morgan fingerprint density at radius 1 is 1.33 bits per heavy atom. The monoisotopic (exact) mass is 268 g/mol. The van der Waals surface area contributed by atoms with E-state index in [4.69, 9.17) is 0 Å². The van der Waals surface area contributed by atoms with Gasteiger partial charge in [-0.3, -0.25) is 0 Å². The fourth-order valence-electron chi connectivity index (χ4n) is 2.71. The van der Waals surface area contributed by atoms with Crippen LogP contribution in [0.15, 0.2) is 29.2 Å². The summed E-state index contributed by atoms with van der Waals surface area (Å²) in [7, 11) is -3.14. The molecule has 2 unspecified atom stereocenters. The van der Waals surface area contributed by atoms with Crippen LogP contribution in [-0.4, -0.2) is 25.4 Å². The highest BCUT2D eigenvalue weighted by Gasteiger charge is 2.35.